The van der Waals surface area contributed by atoms with Crippen LogP contribution in [-0.4, -0.2) is 96.7 Å². The van der Waals surface area contributed by atoms with Crippen LogP contribution in [0.25, 0.3) is 0 Å². The third-order valence-corrected chi connectivity index (χ3v) is 21.6. The summed E-state index contributed by atoms with van der Waals surface area (Å²) in [6, 6.07) is 0. The Bertz CT molecular complexity index is 1980. The van der Waals surface area contributed by atoms with Crippen LogP contribution in [0.1, 0.15) is 446 Å². The predicted octanol–water partition coefficient (Wildman–Crippen LogP) is 25.5. The van der Waals surface area contributed by atoms with Gasteiger partial charge in [0.15, 0.2) is 12.2 Å². The molecule has 103 heavy (non-hydrogen) atoms. The standard InChI is InChI=1S/C84H164O17P2/c1-7-9-11-13-15-17-19-21-23-25-27-29-31-33-38-42-50-56-62-68-83(88)100-79(72-94-81(86)66-60-54-48-41-37-32-30-28-26-24-22-20-18-16-14-12-10-8-2)74-98-102(90,91)96-70-78(85)71-97-103(92,93)99-75-80(73-95-82(87)67-61-55-49-45-44-47-53-59-65-77(5)6)101-84(89)69-63-57-51-43-39-35-34-36-40-46-52-58-64-76(3)4/h76-80,85H,7-75H2,1-6H3,(H,90,91)(H,92,93)/t78-,79-,80-/m1/s1. The fourth-order valence-corrected chi connectivity index (χ4v) is 14.6. The Balaban J connectivity index is 5.25. The Hall–Kier alpha value is -1.94. The molecule has 0 aromatic carbocycles. The molecule has 612 valence electrons. The van der Waals surface area contributed by atoms with E-state index in [1.165, 1.54) is 263 Å². The van der Waals surface area contributed by atoms with E-state index in [0.717, 1.165) is 102 Å². The van der Waals surface area contributed by atoms with Gasteiger partial charge in [-0.2, -0.15) is 0 Å². The minimum absolute atomic E-state index is 0.107. The summed E-state index contributed by atoms with van der Waals surface area (Å²) in [6.07, 6.45) is 66.7. The van der Waals surface area contributed by atoms with Gasteiger partial charge in [0.2, 0.25) is 0 Å². The number of rotatable bonds is 83. The molecule has 0 aromatic heterocycles. The van der Waals surface area contributed by atoms with Crippen molar-refractivity contribution < 1.29 is 80.2 Å². The van der Waals surface area contributed by atoms with Crippen molar-refractivity contribution in [1.29, 1.82) is 0 Å². The zero-order valence-corrected chi connectivity index (χ0v) is 69.4. The van der Waals surface area contributed by atoms with Crippen molar-refractivity contribution in [2.24, 2.45) is 11.8 Å². The number of unbranched alkanes of at least 4 members (excludes halogenated alkanes) is 53. The van der Waals surface area contributed by atoms with Gasteiger partial charge in [0.05, 0.1) is 26.4 Å². The van der Waals surface area contributed by atoms with Crippen LogP contribution in [-0.2, 0) is 65.4 Å². The summed E-state index contributed by atoms with van der Waals surface area (Å²) in [5.74, 6) is -0.602. The average molecular weight is 1510 g/mol. The van der Waals surface area contributed by atoms with E-state index >= 15 is 0 Å². The SMILES string of the molecule is CCCCCCCCCCCCCCCCCCCCCC(=O)O[C@H](COC(=O)CCCCCCCCCCCCCCCCCCCC)COP(=O)(O)OC[C@@H](O)COP(=O)(O)OC[C@@H](COC(=O)CCCCCCCCCCC(C)C)OC(=O)CCCCCCCCCCCCCCC(C)C. The number of hydrogen-bond acceptors (Lipinski definition) is 15. The van der Waals surface area contributed by atoms with E-state index in [1.807, 2.05) is 0 Å². The number of phosphoric ester groups is 2. The highest BCUT2D eigenvalue weighted by molar-refractivity contribution is 7.47. The van der Waals surface area contributed by atoms with Gasteiger partial charge in [0.1, 0.15) is 19.3 Å². The van der Waals surface area contributed by atoms with E-state index in [4.69, 9.17) is 37.0 Å². The van der Waals surface area contributed by atoms with Crippen LogP contribution in [0, 0.1) is 11.8 Å². The van der Waals surface area contributed by atoms with Crippen molar-refractivity contribution in [3.8, 4) is 0 Å². The number of aliphatic hydroxyl groups excluding tert-OH is 1. The second-order valence-corrected chi connectivity index (χ2v) is 34.1. The van der Waals surface area contributed by atoms with Crippen molar-refractivity contribution in [2.45, 2.75) is 464 Å². The van der Waals surface area contributed by atoms with Gasteiger partial charge in [-0.1, -0.05) is 395 Å². The molecule has 19 heteroatoms. The van der Waals surface area contributed by atoms with Gasteiger partial charge in [0, 0.05) is 25.7 Å². The first-order chi connectivity index (χ1) is 49.9. The highest BCUT2D eigenvalue weighted by Gasteiger charge is 2.30. The summed E-state index contributed by atoms with van der Waals surface area (Å²) < 4.78 is 68.8. The number of aliphatic hydroxyl groups is 1. The summed E-state index contributed by atoms with van der Waals surface area (Å²) in [4.78, 5) is 73.2. The molecule has 5 atom stereocenters. The molecule has 0 aliphatic rings. The molecule has 0 radical (unpaired) electrons. The number of esters is 4. The van der Waals surface area contributed by atoms with Crippen LogP contribution in [0.3, 0.4) is 0 Å². The second kappa shape index (κ2) is 75.5. The fraction of sp³-hybridized carbons (Fsp3) is 0.952. The van der Waals surface area contributed by atoms with Gasteiger partial charge < -0.3 is 33.8 Å². The molecular formula is C84H164O17P2. The van der Waals surface area contributed by atoms with Crippen molar-refractivity contribution in [1.82, 2.24) is 0 Å². The number of hydrogen-bond donors (Lipinski definition) is 3. The lowest BCUT2D eigenvalue weighted by Gasteiger charge is -2.21. The Kier molecular flexibility index (Phi) is 74.1. The molecule has 0 rings (SSSR count). The fourth-order valence-electron chi connectivity index (χ4n) is 13.1. The minimum atomic E-state index is -4.96. The Labute approximate surface area is 632 Å². The molecule has 3 N–H and O–H groups in total. The van der Waals surface area contributed by atoms with Crippen LogP contribution in [0.5, 0.6) is 0 Å². The summed E-state index contributed by atoms with van der Waals surface area (Å²) in [6.45, 7) is 9.63. The molecule has 0 bridgehead atoms. The first-order valence-electron chi connectivity index (χ1n) is 43.5. The number of phosphoric acid groups is 2. The van der Waals surface area contributed by atoms with Crippen LogP contribution < -0.4 is 0 Å². The van der Waals surface area contributed by atoms with Gasteiger partial charge in [-0.25, -0.2) is 9.13 Å². The Morgan fingerprint density at radius 1 is 0.262 bits per heavy atom. The highest BCUT2D eigenvalue weighted by atomic mass is 31.2. The maximum absolute atomic E-state index is 13.1. The molecule has 0 aliphatic carbocycles. The third-order valence-electron chi connectivity index (χ3n) is 19.7. The van der Waals surface area contributed by atoms with Crippen LogP contribution in [0.2, 0.25) is 0 Å². The van der Waals surface area contributed by atoms with E-state index in [1.54, 1.807) is 0 Å². The summed E-state index contributed by atoms with van der Waals surface area (Å²) in [5, 5.41) is 10.7. The summed E-state index contributed by atoms with van der Waals surface area (Å²) >= 11 is 0. The summed E-state index contributed by atoms with van der Waals surface area (Å²) in [7, 11) is -9.93. The van der Waals surface area contributed by atoms with Gasteiger partial charge in [-0.3, -0.25) is 37.3 Å². The minimum Gasteiger partial charge on any atom is -0.462 e. The maximum atomic E-state index is 13.1. The van der Waals surface area contributed by atoms with Gasteiger partial charge in [-0.15, -0.1) is 0 Å². The highest BCUT2D eigenvalue weighted by Crippen LogP contribution is 2.45. The average Bonchev–Trinajstić information content (AvgIpc) is 0.919. The lowest BCUT2D eigenvalue weighted by atomic mass is 10.0. The van der Waals surface area contributed by atoms with Gasteiger partial charge >= 0.3 is 39.5 Å². The third kappa shape index (κ3) is 78.0. The van der Waals surface area contributed by atoms with Crippen molar-refractivity contribution in [3.05, 3.63) is 0 Å². The molecule has 0 amide bonds. The molecule has 0 saturated heterocycles. The lowest BCUT2D eigenvalue weighted by molar-refractivity contribution is -0.161. The quantitative estimate of drug-likeness (QED) is 0.0222. The normalized spacial score (nSPS) is 13.9. The Morgan fingerprint density at radius 3 is 0.660 bits per heavy atom. The number of carbonyl (C=O) groups excluding carboxylic acids is 4. The van der Waals surface area contributed by atoms with Crippen molar-refractivity contribution >= 4 is 39.5 Å². The number of carbonyl (C=O) groups is 4. The molecule has 0 heterocycles. The number of ether oxygens (including phenoxy) is 4. The largest absolute Gasteiger partial charge is 0.472 e. The van der Waals surface area contributed by atoms with Crippen molar-refractivity contribution in [2.75, 3.05) is 39.6 Å². The molecule has 0 saturated carbocycles. The molecule has 0 aliphatic heterocycles. The molecule has 17 nitrogen and oxygen atoms in total. The second-order valence-electron chi connectivity index (χ2n) is 31.2. The van der Waals surface area contributed by atoms with Crippen LogP contribution >= 0.6 is 15.6 Å². The summed E-state index contributed by atoms with van der Waals surface area (Å²) in [5.41, 5.74) is 0. The maximum Gasteiger partial charge on any atom is 0.472 e. The monoisotopic (exact) mass is 1510 g/mol. The zero-order valence-electron chi connectivity index (χ0n) is 67.6. The van der Waals surface area contributed by atoms with E-state index in [-0.39, 0.29) is 25.7 Å². The first kappa shape index (κ1) is 101. The Morgan fingerprint density at radius 2 is 0.447 bits per heavy atom. The molecular weight excluding hydrogens is 1340 g/mol. The van der Waals surface area contributed by atoms with E-state index < -0.39 is 97.5 Å². The zero-order chi connectivity index (χ0) is 75.6. The first-order valence-corrected chi connectivity index (χ1v) is 46.5. The van der Waals surface area contributed by atoms with Gasteiger partial charge in [-0.05, 0) is 37.5 Å². The lowest BCUT2D eigenvalue weighted by Crippen LogP contribution is -2.30. The van der Waals surface area contributed by atoms with E-state index in [0.29, 0.717) is 25.7 Å². The molecule has 0 aromatic rings. The smallest absolute Gasteiger partial charge is 0.462 e. The van der Waals surface area contributed by atoms with Crippen LogP contribution in [0.4, 0.5) is 0 Å². The van der Waals surface area contributed by atoms with Crippen molar-refractivity contribution in [3.63, 3.8) is 0 Å². The predicted molar refractivity (Wildman–Crippen MR) is 423 cm³/mol. The van der Waals surface area contributed by atoms with E-state index in [2.05, 4.69) is 41.5 Å². The van der Waals surface area contributed by atoms with Gasteiger partial charge in [0.25, 0.3) is 0 Å². The van der Waals surface area contributed by atoms with E-state index in [9.17, 15) is 43.2 Å². The molecule has 2 unspecified atom stereocenters. The topological polar surface area (TPSA) is 237 Å². The molecule has 0 fully saturated rings. The molecule has 0 spiro atoms. The van der Waals surface area contributed by atoms with Crippen LogP contribution in [0.15, 0.2) is 0 Å².